The molecule has 0 aliphatic carbocycles. The molecule has 0 aromatic carbocycles. The first-order valence-corrected chi connectivity index (χ1v) is 5.75. The van der Waals surface area contributed by atoms with E-state index in [0.29, 0.717) is 6.04 Å². The SMILES string of the molecule is N[C@@H]1CCCN(Cc2ccc(Br)o2)C1. The third-order valence-electron chi connectivity index (χ3n) is 2.55. The molecule has 1 aromatic heterocycles. The first kappa shape index (κ1) is 10.2. The molecule has 0 bridgehead atoms. The van der Waals surface area contributed by atoms with Crippen LogP contribution in [0.15, 0.2) is 21.2 Å². The van der Waals surface area contributed by atoms with E-state index in [1.165, 1.54) is 6.42 Å². The summed E-state index contributed by atoms with van der Waals surface area (Å²) in [4.78, 5) is 2.35. The molecule has 2 heterocycles. The molecule has 3 nitrogen and oxygen atoms in total. The molecule has 1 fully saturated rings. The van der Waals surface area contributed by atoms with Crippen LogP contribution in [-0.4, -0.2) is 24.0 Å². The van der Waals surface area contributed by atoms with Gasteiger partial charge in [-0.25, -0.2) is 0 Å². The number of likely N-dealkylation sites (tertiary alicyclic amines) is 1. The summed E-state index contributed by atoms with van der Waals surface area (Å²) in [6.07, 6.45) is 2.35. The van der Waals surface area contributed by atoms with Gasteiger partial charge in [0.25, 0.3) is 0 Å². The zero-order valence-electron chi connectivity index (χ0n) is 8.08. The number of furan rings is 1. The van der Waals surface area contributed by atoms with E-state index in [0.717, 1.165) is 36.5 Å². The average Bonchev–Trinajstić information content (AvgIpc) is 2.51. The molecule has 0 saturated carbocycles. The highest BCUT2D eigenvalue weighted by Gasteiger charge is 2.17. The topological polar surface area (TPSA) is 42.4 Å². The molecule has 4 heteroatoms. The molecular weight excluding hydrogens is 244 g/mol. The van der Waals surface area contributed by atoms with Crippen molar-refractivity contribution in [2.45, 2.75) is 25.4 Å². The van der Waals surface area contributed by atoms with Crippen LogP contribution in [0.4, 0.5) is 0 Å². The molecule has 2 N–H and O–H groups in total. The second-order valence-corrected chi connectivity index (χ2v) is 4.62. The minimum Gasteiger partial charge on any atom is -0.453 e. The maximum Gasteiger partial charge on any atom is 0.169 e. The Morgan fingerprint density at radius 1 is 1.57 bits per heavy atom. The van der Waals surface area contributed by atoms with Gasteiger partial charge in [-0.2, -0.15) is 0 Å². The number of rotatable bonds is 2. The first-order chi connectivity index (χ1) is 6.74. The Balaban J connectivity index is 1.90. The molecule has 78 valence electrons. The van der Waals surface area contributed by atoms with Crippen LogP contribution in [0.25, 0.3) is 0 Å². The van der Waals surface area contributed by atoms with Gasteiger partial charge >= 0.3 is 0 Å². The highest BCUT2D eigenvalue weighted by atomic mass is 79.9. The molecule has 0 radical (unpaired) electrons. The number of nitrogens with zero attached hydrogens (tertiary/aromatic N) is 1. The summed E-state index contributed by atoms with van der Waals surface area (Å²) in [5.41, 5.74) is 5.90. The Labute approximate surface area is 92.4 Å². The summed E-state index contributed by atoms with van der Waals surface area (Å²) < 4.78 is 6.26. The maximum atomic E-state index is 5.90. The van der Waals surface area contributed by atoms with Crippen molar-refractivity contribution in [3.63, 3.8) is 0 Å². The summed E-state index contributed by atoms with van der Waals surface area (Å²) in [7, 11) is 0. The molecule has 2 rings (SSSR count). The Hall–Kier alpha value is -0.320. The minimum atomic E-state index is 0.335. The Morgan fingerprint density at radius 3 is 3.07 bits per heavy atom. The van der Waals surface area contributed by atoms with E-state index in [4.69, 9.17) is 10.2 Å². The zero-order chi connectivity index (χ0) is 9.97. The summed E-state index contributed by atoms with van der Waals surface area (Å²) in [6, 6.07) is 4.27. The predicted octanol–water partition coefficient (Wildman–Crippen LogP) is 1.97. The lowest BCUT2D eigenvalue weighted by molar-refractivity contribution is 0.187. The number of halogens is 1. The predicted molar refractivity (Wildman–Crippen MR) is 58.9 cm³/mol. The van der Waals surface area contributed by atoms with Crippen molar-refractivity contribution in [1.29, 1.82) is 0 Å². The van der Waals surface area contributed by atoms with E-state index in [1.54, 1.807) is 0 Å². The summed E-state index contributed by atoms with van der Waals surface area (Å²) in [5.74, 6) is 1.01. The van der Waals surface area contributed by atoms with E-state index in [1.807, 2.05) is 12.1 Å². The average molecular weight is 259 g/mol. The minimum absolute atomic E-state index is 0.335. The van der Waals surface area contributed by atoms with Gasteiger partial charge in [-0.15, -0.1) is 0 Å². The van der Waals surface area contributed by atoms with Crippen molar-refractivity contribution in [2.75, 3.05) is 13.1 Å². The quantitative estimate of drug-likeness (QED) is 0.882. The number of hydrogen-bond donors (Lipinski definition) is 1. The summed E-state index contributed by atoms with van der Waals surface area (Å²) in [6.45, 7) is 2.99. The molecule has 1 saturated heterocycles. The van der Waals surface area contributed by atoms with Gasteiger partial charge in [-0.1, -0.05) is 0 Å². The molecule has 1 atom stereocenters. The third kappa shape index (κ3) is 2.59. The van der Waals surface area contributed by atoms with Crippen molar-refractivity contribution < 1.29 is 4.42 Å². The normalized spacial score (nSPS) is 24.0. The van der Waals surface area contributed by atoms with E-state index in [9.17, 15) is 0 Å². The lowest BCUT2D eigenvalue weighted by Crippen LogP contribution is -2.42. The standard InChI is InChI=1S/C10H15BrN2O/c11-10-4-3-9(14-10)7-13-5-1-2-8(12)6-13/h3-4,8H,1-2,5-7,12H2/t8-/m1/s1. The van der Waals surface area contributed by atoms with E-state index < -0.39 is 0 Å². The second kappa shape index (κ2) is 4.47. The molecule has 0 amide bonds. The molecule has 14 heavy (non-hydrogen) atoms. The monoisotopic (exact) mass is 258 g/mol. The molecule has 0 unspecified atom stereocenters. The summed E-state index contributed by atoms with van der Waals surface area (Å²) >= 11 is 3.30. The van der Waals surface area contributed by atoms with E-state index in [-0.39, 0.29) is 0 Å². The van der Waals surface area contributed by atoms with Crippen molar-refractivity contribution in [3.8, 4) is 0 Å². The molecule has 1 aliphatic rings. The van der Waals surface area contributed by atoms with Crippen LogP contribution >= 0.6 is 15.9 Å². The van der Waals surface area contributed by atoms with Crippen molar-refractivity contribution in [1.82, 2.24) is 4.90 Å². The summed E-state index contributed by atoms with van der Waals surface area (Å²) in [5, 5.41) is 0. The zero-order valence-corrected chi connectivity index (χ0v) is 9.66. The van der Waals surface area contributed by atoms with Crippen LogP contribution in [0.1, 0.15) is 18.6 Å². The van der Waals surface area contributed by atoms with Crippen molar-refractivity contribution in [3.05, 3.63) is 22.6 Å². The lowest BCUT2D eigenvalue weighted by Gasteiger charge is -2.29. The maximum absolute atomic E-state index is 5.90. The number of hydrogen-bond acceptors (Lipinski definition) is 3. The Kier molecular flexibility index (Phi) is 3.26. The van der Waals surface area contributed by atoms with Crippen molar-refractivity contribution in [2.24, 2.45) is 5.73 Å². The highest BCUT2D eigenvalue weighted by molar-refractivity contribution is 9.10. The Bertz CT molecular complexity index is 300. The van der Waals surface area contributed by atoms with Crippen LogP contribution in [0.2, 0.25) is 0 Å². The smallest absolute Gasteiger partial charge is 0.169 e. The van der Waals surface area contributed by atoms with Gasteiger partial charge in [-0.05, 0) is 47.4 Å². The Morgan fingerprint density at radius 2 is 2.43 bits per heavy atom. The van der Waals surface area contributed by atoms with E-state index in [2.05, 4.69) is 20.8 Å². The fourth-order valence-electron chi connectivity index (χ4n) is 1.89. The van der Waals surface area contributed by atoms with Crippen LogP contribution in [-0.2, 0) is 6.54 Å². The van der Waals surface area contributed by atoms with Gasteiger partial charge in [0.2, 0.25) is 0 Å². The number of piperidine rings is 1. The fraction of sp³-hybridized carbons (Fsp3) is 0.600. The van der Waals surface area contributed by atoms with Gasteiger partial charge in [0.15, 0.2) is 4.67 Å². The second-order valence-electron chi connectivity index (χ2n) is 3.84. The van der Waals surface area contributed by atoms with Gasteiger partial charge in [-0.3, -0.25) is 4.90 Å². The highest BCUT2D eigenvalue weighted by Crippen LogP contribution is 2.17. The fourth-order valence-corrected chi connectivity index (χ4v) is 2.23. The van der Waals surface area contributed by atoms with Crippen LogP contribution in [0, 0.1) is 0 Å². The first-order valence-electron chi connectivity index (χ1n) is 4.96. The largest absolute Gasteiger partial charge is 0.453 e. The van der Waals surface area contributed by atoms with Crippen LogP contribution < -0.4 is 5.73 Å². The van der Waals surface area contributed by atoms with Crippen molar-refractivity contribution >= 4 is 15.9 Å². The third-order valence-corrected chi connectivity index (χ3v) is 2.98. The van der Waals surface area contributed by atoms with E-state index >= 15 is 0 Å². The van der Waals surface area contributed by atoms with Gasteiger partial charge < -0.3 is 10.2 Å². The van der Waals surface area contributed by atoms with Gasteiger partial charge in [0.1, 0.15) is 5.76 Å². The molecular formula is C10H15BrN2O. The van der Waals surface area contributed by atoms with Gasteiger partial charge in [0, 0.05) is 12.6 Å². The van der Waals surface area contributed by atoms with Crippen LogP contribution in [0.3, 0.4) is 0 Å². The molecule has 0 spiro atoms. The van der Waals surface area contributed by atoms with Crippen LogP contribution in [0.5, 0.6) is 0 Å². The number of nitrogens with two attached hydrogens (primary N) is 1. The molecule has 1 aliphatic heterocycles. The van der Waals surface area contributed by atoms with Gasteiger partial charge in [0.05, 0.1) is 6.54 Å². The molecule has 1 aromatic rings. The lowest BCUT2D eigenvalue weighted by atomic mass is 10.1.